The lowest BCUT2D eigenvalue weighted by Crippen LogP contribution is -2.45. The van der Waals surface area contributed by atoms with Crippen molar-refractivity contribution >= 4 is 5.91 Å². The third-order valence-electron chi connectivity index (χ3n) is 4.93. The number of aliphatic hydroxyl groups is 2. The highest BCUT2D eigenvalue weighted by Crippen LogP contribution is 2.14. The van der Waals surface area contributed by atoms with Crippen LogP contribution in [0.4, 0.5) is 0 Å². The fourth-order valence-corrected chi connectivity index (χ4v) is 3.14. The van der Waals surface area contributed by atoms with E-state index in [4.69, 9.17) is 0 Å². The van der Waals surface area contributed by atoms with Crippen LogP contribution in [0.2, 0.25) is 0 Å². The summed E-state index contributed by atoms with van der Waals surface area (Å²) in [6.45, 7) is 3.82. The Morgan fingerprint density at radius 1 is 0.800 bits per heavy atom. The van der Waals surface area contributed by atoms with Gasteiger partial charge in [-0.25, -0.2) is 0 Å². The maximum Gasteiger partial charge on any atom is 0.220 e. The SMILES string of the molecule is CCCCCCCCCCCCCCCC(O)C(CO)NC(=O)CC. The van der Waals surface area contributed by atoms with Crippen LogP contribution in [-0.2, 0) is 4.79 Å². The average molecular weight is 358 g/mol. The molecule has 0 aromatic carbocycles. The number of carbonyl (C=O) groups excluding carboxylic acids is 1. The number of unbranched alkanes of at least 4 members (excludes halogenated alkanes) is 12. The number of rotatable bonds is 18. The number of nitrogens with one attached hydrogen (secondary N) is 1. The van der Waals surface area contributed by atoms with Gasteiger partial charge in [0.05, 0.1) is 18.8 Å². The molecule has 2 unspecified atom stereocenters. The normalized spacial score (nSPS) is 13.6. The van der Waals surface area contributed by atoms with Gasteiger partial charge in [0.15, 0.2) is 0 Å². The Morgan fingerprint density at radius 3 is 1.64 bits per heavy atom. The van der Waals surface area contributed by atoms with Crippen LogP contribution in [0.15, 0.2) is 0 Å². The van der Waals surface area contributed by atoms with Crippen molar-refractivity contribution in [2.45, 2.75) is 122 Å². The zero-order chi connectivity index (χ0) is 18.8. The summed E-state index contributed by atoms with van der Waals surface area (Å²) in [5, 5.41) is 22.0. The van der Waals surface area contributed by atoms with Crippen molar-refractivity contribution in [3.05, 3.63) is 0 Å². The van der Waals surface area contributed by atoms with Gasteiger partial charge >= 0.3 is 0 Å². The monoisotopic (exact) mass is 357 g/mol. The molecule has 0 aromatic rings. The molecule has 4 heteroatoms. The topological polar surface area (TPSA) is 69.6 Å². The van der Waals surface area contributed by atoms with Crippen LogP contribution in [-0.4, -0.2) is 34.9 Å². The summed E-state index contributed by atoms with van der Waals surface area (Å²) in [5.74, 6) is -0.122. The summed E-state index contributed by atoms with van der Waals surface area (Å²) in [4.78, 5) is 11.3. The van der Waals surface area contributed by atoms with E-state index in [9.17, 15) is 15.0 Å². The Hall–Kier alpha value is -0.610. The maximum absolute atomic E-state index is 11.3. The van der Waals surface area contributed by atoms with Crippen LogP contribution in [0.3, 0.4) is 0 Å². The predicted molar refractivity (Wildman–Crippen MR) is 106 cm³/mol. The first-order valence-electron chi connectivity index (χ1n) is 10.7. The summed E-state index contributed by atoms with van der Waals surface area (Å²) in [6, 6.07) is -0.523. The summed E-state index contributed by atoms with van der Waals surface area (Å²) in [5.41, 5.74) is 0. The van der Waals surface area contributed by atoms with E-state index < -0.39 is 12.1 Å². The quantitative estimate of drug-likeness (QED) is 0.311. The molecule has 150 valence electrons. The fourth-order valence-electron chi connectivity index (χ4n) is 3.14. The van der Waals surface area contributed by atoms with Crippen molar-refractivity contribution in [3.63, 3.8) is 0 Å². The Labute approximate surface area is 155 Å². The minimum absolute atomic E-state index is 0.122. The Kier molecular flexibility index (Phi) is 17.7. The molecule has 3 N–H and O–H groups in total. The summed E-state index contributed by atoms with van der Waals surface area (Å²) in [6.07, 6.45) is 17.3. The number of hydrogen-bond donors (Lipinski definition) is 3. The predicted octanol–water partition coefficient (Wildman–Crippen LogP) is 4.72. The minimum atomic E-state index is -0.645. The fraction of sp³-hybridized carbons (Fsp3) is 0.952. The lowest BCUT2D eigenvalue weighted by molar-refractivity contribution is -0.122. The van der Waals surface area contributed by atoms with Crippen molar-refractivity contribution in [2.75, 3.05) is 6.61 Å². The van der Waals surface area contributed by atoms with E-state index in [0.717, 1.165) is 12.8 Å². The third-order valence-corrected chi connectivity index (χ3v) is 4.93. The first-order chi connectivity index (χ1) is 12.2. The lowest BCUT2D eigenvalue weighted by atomic mass is 10.0. The van der Waals surface area contributed by atoms with Gasteiger partial charge in [0.2, 0.25) is 5.91 Å². The van der Waals surface area contributed by atoms with Crippen LogP contribution in [0, 0.1) is 0 Å². The molecular weight excluding hydrogens is 314 g/mol. The standard InChI is InChI=1S/C21H43NO3/c1-3-5-6-7-8-9-10-11-12-13-14-15-16-17-20(24)19(18-23)22-21(25)4-2/h19-20,23-24H,3-18H2,1-2H3,(H,22,25). The van der Waals surface area contributed by atoms with Gasteiger partial charge in [-0.2, -0.15) is 0 Å². The van der Waals surface area contributed by atoms with Crippen LogP contribution >= 0.6 is 0 Å². The number of aliphatic hydroxyl groups excluding tert-OH is 2. The highest BCUT2D eigenvalue weighted by molar-refractivity contribution is 5.75. The molecular formula is C21H43NO3. The molecule has 0 rings (SSSR count). The first-order valence-corrected chi connectivity index (χ1v) is 10.7. The third kappa shape index (κ3) is 15.4. The first kappa shape index (κ1) is 24.4. The molecule has 0 saturated heterocycles. The van der Waals surface area contributed by atoms with Crippen LogP contribution in [0.25, 0.3) is 0 Å². The molecule has 2 atom stereocenters. The van der Waals surface area contributed by atoms with Crippen molar-refractivity contribution < 1.29 is 15.0 Å². The number of amides is 1. The average Bonchev–Trinajstić information content (AvgIpc) is 2.63. The van der Waals surface area contributed by atoms with Crippen LogP contribution < -0.4 is 5.32 Å². The van der Waals surface area contributed by atoms with Crippen LogP contribution in [0.1, 0.15) is 110 Å². The maximum atomic E-state index is 11.3. The van der Waals surface area contributed by atoms with Crippen LogP contribution in [0.5, 0.6) is 0 Å². The van der Waals surface area contributed by atoms with Gasteiger partial charge in [0, 0.05) is 6.42 Å². The summed E-state index contributed by atoms with van der Waals surface area (Å²) in [7, 11) is 0. The lowest BCUT2D eigenvalue weighted by Gasteiger charge is -2.22. The van der Waals surface area contributed by atoms with Gasteiger partial charge in [0.1, 0.15) is 0 Å². The molecule has 1 amide bonds. The largest absolute Gasteiger partial charge is 0.394 e. The molecule has 0 spiro atoms. The zero-order valence-corrected chi connectivity index (χ0v) is 16.8. The van der Waals surface area contributed by atoms with Gasteiger partial charge in [0.25, 0.3) is 0 Å². The second kappa shape index (κ2) is 18.2. The van der Waals surface area contributed by atoms with E-state index in [1.807, 2.05) is 0 Å². The Morgan fingerprint density at radius 2 is 1.24 bits per heavy atom. The molecule has 25 heavy (non-hydrogen) atoms. The molecule has 0 saturated carbocycles. The van der Waals surface area contributed by atoms with Crippen molar-refractivity contribution in [1.82, 2.24) is 5.32 Å². The second-order valence-electron chi connectivity index (χ2n) is 7.31. The van der Waals surface area contributed by atoms with E-state index in [0.29, 0.717) is 12.8 Å². The number of carbonyl (C=O) groups is 1. The molecule has 0 aliphatic rings. The highest BCUT2D eigenvalue weighted by Gasteiger charge is 2.19. The van der Waals surface area contributed by atoms with Crippen molar-refractivity contribution in [1.29, 1.82) is 0 Å². The molecule has 0 fully saturated rings. The minimum Gasteiger partial charge on any atom is -0.394 e. The molecule has 0 aliphatic heterocycles. The highest BCUT2D eigenvalue weighted by atomic mass is 16.3. The summed E-state index contributed by atoms with van der Waals surface area (Å²) < 4.78 is 0. The van der Waals surface area contributed by atoms with Gasteiger partial charge in [-0.1, -0.05) is 97.3 Å². The molecule has 0 aliphatic carbocycles. The van der Waals surface area contributed by atoms with E-state index >= 15 is 0 Å². The zero-order valence-electron chi connectivity index (χ0n) is 16.8. The van der Waals surface area contributed by atoms with Gasteiger partial charge in [-0.3, -0.25) is 4.79 Å². The molecule has 4 nitrogen and oxygen atoms in total. The van der Waals surface area contributed by atoms with Gasteiger partial charge in [-0.15, -0.1) is 0 Å². The molecule has 0 heterocycles. The van der Waals surface area contributed by atoms with E-state index in [2.05, 4.69) is 12.2 Å². The van der Waals surface area contributed by atoms with E-state index in [1.165, 1.54) is 70.6 Å². The Bertz CT molecular complexity index is 297. The second-order valence-corrected chi connectivity index (χ2v) is 7.31. The number of hydrogen-bond acceptors (Lipinski definition) is 3. The summed E-state index contributed by atoms with van der Waals surface area (Å²) >= 11 is 0. The molecule has 0 radical (unpaired) electrons. The molecule has 0 aromatic heterocycles. The van der Waals surface area contributed by atoms with Gasteiger partial charge < -0.3 is 15.5 Å². The molecule has 0 bridgehead atoms. The van der Waals surface area contributed by atoms with E-state index in [1.54, 1.807) is 6.92 Å². The Balaban J connectivity index is 3.40. The van der Waals surface area contributed by atoms with Crippen molar-refractivity contribution in [3.8, 4) is 0 Å². The van der Waals surface area contributed by atoms with Crippen molar-refractivity contribution in [2.24, 2.45) is 0 Å². The smallest absolute Gasteiger partial charge is 0.220 e. The van der Waals surface area contributed by atoms with E-state index in [-0.39, 0.29) is 12.5 Å². The van der Waals surface area contributed by atoms with Gasteiger partial charge in [-0.05, 0) is 6.42 Å².